The van der Waals surface area contributed by atoms with Gasteiger partial charge in [-0.25, -0.2) is 0 Å². The summed E-state index contributed by atoms with van der Waals surface area (Å²) in [5, 5.41) is 6.89. The fraction of sp³-hybridized carbons (Fsp3) is 0.211. The second-order valence-electron chi connectivity index (χ2n) is 5.65. The number of aromatic nitrogens is 1. The molecule has 1 heterocycles. The van der Waals surface area contributed by atoms with Gasteiger partial charge in [-0.3, -0.25) is 4.79 Å². The molecule has 0 aliphatic rings. The van der Waals surface area contributed by atoms with Gasteiger partial charge in [0.1, 0.15) is 5.75 Å². The lowest BCUT2D eigenvalue weighted by atomic mass is 10.2. The Labute approximate surface area is 141 Å². The molecule has 0 unspecified atom stereocenters. The van der Waals surface area contributed by atoms with Gasteiger partial charge in [-0.1, -0.05) is 18.2 Å². The van der Waals surface area contributed by atoms with E-state index in [1.54, 1.807) is 14.2 Å². The van der Waals surface area contributed by atoms with Crippen LogP contribution in [0.5, 0.6) is 5.75 Å². The van der Waals surface area contributed by atoms with Crippen LogP contribution in [0.3, 0.4) is 0 Å². The molecule has 0 spiro atoms. The zero-order valence-electron chi connectivity index (χ0n) is 13.9. The van der Waals surface area contributed by atoms with E-state index < -0.39 is 0 Å². The Hall–Kier alpha value is -2.79. The van der Waals surface area contributed by atoms with Crippen LogP contribution in [0.2, 0.25) is 0 Å². The molecule has 3 aromatic rings. The van der Waals surface area contributed by atoms with Crippen LogP contribution in [-0.2, 0) is 11.3 Å². The first-order valence-electron chi connectivity index (χ1n) is 7.86. The predicted molar refractivity (Wildman–Crippen MR) is 96.6 cm³/mol. The summed E-state index contributed by atoms with van der Waals surface area (Å²) < 4.78 is 7.45. The summed E-state index contributed by atoms with van der Waals surface area (Å²) in [6.07, 6.45) is 2.06. The highest BCUT2D eigenvalue weighted by Crippen LogP contribution is 2.22. The molecule has 0 aliphatic heterocycles. The van der Waals surface area contributed by atoms with Gasteiger partial charge in [-0.05, 0) is 48.3 Å². The number of carbonyl (C=O) groups excluding carboxylic acids is 1. The summed E-state index contributed by atoms with van der Waals surface area (Å²) >= 11 is 0. The highest BCUT2D eigenvalue weighted by molar-refractivity contribution is 5.94. The van der Waals surface area contributed by atoms with Gasteiger partial charge >= 0.3 is 0 Å². The molecule has 0 fully saturated rings. The molecule has 124 valence electrons. The van der Waals surface area contributed by atoms with E-state index in [1.165, 1.54) is 0 Å². The molecule has 5 nitrogen and oxygen atoms in total. The molecule has 0 radical (unpaired) electrons. The third-order valence-electron chi connectivity index (χ3n) is 3.88. The summed E-state index contributed by atoms with van der Waals surface area (Å²) in [5.41, 5.74) is 3.05. The highest BCUT2D eigenvalue weighted by Gasteiger charge is 2.06. The lowest BCUT2D eigenvalue weighted by molar-refractivity contribution is -0.115. The van der Waals surface area contributed by atoms with E-state index in [4.69, 9.17) is 4.74 Å². The molecule has 24 heavy (non-hydrogen) atoms. The first kappa shape index (κ1) is 16.1. The van der Waals surface area contributed by atoms with Gasteiger partial charge in [0.15, 0.2) is 0 Å². The van der Waals surface area contributed by atoms with Crippen molar-refractivity contribution in [2.24, 2.45) is 0 Å². The number of likely N-dealkylation sites (N-methyl/N-ethyl adjacent to an activating group) is 1. The number of ether oxygens (including phenoxy) is 1. The number of nitrogens with one attached hydrogen (secondary N) is 2. The van der Waals surface area contributed by atoms with Crippen molar-refractivity contribution in [3.63, 3.8) is 0 Å². The second-order valence-corrected chi connectivity index (χ2v) is 5.65. The molecular weight excluding hydrogens is 302 g/mol. The van der Waals surface area contributed by atoms with Crippen molar-refractivity contribution >= 4 is 22.5 Å². The van der Waals surface area contributed by atoms with Crippen LogP contribution in [-0.4, -0.2) is 31.2 Å². The van der Waals surface area contributed by atoms with Crippen LogP contribution in [0.15, 0.2) is 54.7 Å². The number of fused-ring (bicyclic) bond motifs is 1. The molecule has 3 rings (SSSR count). The first-order valence-corrected chi connectivity index (χ1v) is 7.86. The van der Waals surface area contributed by atoms with E-state index in [9.17, 15) is 4.79 Å². The third-order valence-corrected chi connectivity index (χ3v) is 3.88. The number of hydrogen-bond acceptors (Lipinski definition) is 3. The molecule has 0 bridgehead atoms. The van der Waals surface area contributed by atoms with E-state index >= 15 is 0 Å². The van der Waals surface area contributed by atoms with Crippen molar-refractivity contribution in [2.45, 2.75) is 6.54 Å². The Balaban J connectivity index is 1.86. The minimum atomic E-state index is -0.0530. The van der Waals surface area contributed by atoms with Crippen LogP contribution in [0.25, 0.3) is 10.9 Å². The minimum absolute atomic E-state index is 0.0530. The van der Waals surface area contributed by atoms with Crippen LogP contribution in [0, 0.1) is 0 Å². The number of amides is 1. The smallest absolute Gasteiger partial charge is 0.238 e. The summed E-state index contributed by atoms with van der Waals surface area (Å²) in [7, 11) is 3.42. The lowest BCUT2D eigenvalue weighted by Crippen LogP contribution is -2.25. The zero-order valence-corrected chi connectivity index (χ0v) is 13.9. The first-order chi connectivity index (χ1) is 11.7. The Bertz CT molecular complexity index is 855. The number of anilines is 1. The standard InChI is InChI=1S/C19H21N3O2/c1-20-12-19(23)21-16-7-6-15-8-9-22(18(15)11-16)13-14-4-3-5-17(10-14)24-2/h3-11,20H,12-13H2,1-2H3,(H,21,23). The van der Waals surface area contributed by atoms with Crippen molar-refractivity contribution < 1.29 is 9.53 Å². The Kier molecular flexibility index (Phi) is 4.82. The lowest BCUT2D eigenvalue weighted by Gasteiger charge is -2.09. The van der Waals surface area contributed by atoms with Gasteiger partial charge in [-0.2, -0.15) is 0 Å². The maximum atomic E-state index is 11.7. The molecule has 0 saturated carbocycles. The molecule has 5 heteroatoms. The monoisotopic (exact) mass is 323 g/mol. The predicted octanol–water partition coefficient (Wildman–Crippen LogP) is 2.86. The fourth-order valence-corrected chi connectivity index (χ4v) is 2.73. The summed E-state index contributed by atoms with van der Waals surface area (Å²) in [4.78, 5) is 11.7. The largest absolute Gasteiger partial charge is 0.497 e. The SMILES string of the molecule is CNCC(=O)Nc1ccc2ccn(Cc3cccc(OC)c3)c2c1. The second kappa shape index (κ2) is 7.19. The zero-order chi connectivity index (χ0) is 16.9. The Morgan fingerprint density at radius 3 is 2.83 bits per heavy atom. The van der Waals surface area contributed by atoms with Crippen molar-refractivity contribution in [1.29, 1.82) is 0 Å². The van der Waals surface area contributed by atoms with Gasteiger partial charge in [-0.15, -0.1) is 0 Å². The van der Waals surface area contributed by atoms with Gasteiger partial charge in [0, 0.05) is 18.4 Å². The summed E-state index contributed by atoms with van der Waals surface area (Å²) in [5.74, 6) is 0.798. The maximum Gasteiger partial charge on any atom is 0.238 e. The highest BCUT2D eigenvalue weighted by atomic mass is 16.5. The van der Waals surface area contributed by atoms with Gasteiger partial charge in [0.25, 0.3) is 0 Å². The van der Waals surface area contributed by atoms with E-state index in [0.717, 1.165) is 34.4 Å². The number of benzene rings is 2. The van der Waals surface area contributed by atoms with Gasteiger partial charge < -0.3 is 19.9 Å². The number of hydrogen-bond donors (Lipinski definition) is 2. The van der Waals surface area contributed by atoms with E-state index in [-0.39, 0.29) is 5.91 Å². The van der Waals surface area contributed by atoms with Crippen molar-refractivity contribution in [3.8, 4) is 5.75 Å². The number of nitrogens with zero attached hydrogens (tertiary/aromatic N) is 1. The van der Waals surface area contributed by atoms with E-state index in [2.05, 4.69) is 33.5 Å². The van der Waals surface area contributed by atoms with Crippen molar-refractivity contribution in [2.75, 3.05) is 26.0 Å². The average Bonchev–Trinajstić information content (AvgIpc) is 2.97. The number of rotatable bonds is 6. The maximum absolute atomic E-state index is 11.7. The molecule has 2 N–H and O–H groups in total. The van der Waals surface area contributed by atoms with Crippen molar-refractivity contribution in [3.05, 3.63) is 60.3 Å². The van der Waals surface area contributed by atoms with Crippen LogP contribution >= 0.6 is 0 Å². The van der Waals surface area contributed by atoms with Gasteiger partial charge in [0.05, 0.1) is 19.2 Å². The minimum Gasteiger partial charge on any atom is -0.497 e. The quantitative estimate of drug-likeness (QED) is 0.733. The molecule has 0 atom stereocenters. The fourth-order valence-electron chi connectivity index (χ4n) is 2.73. The molecule has 0 aliphatic carbocycles. The van der Waals surface area contributed by atoms with Crippen LogP contribution in [0.4, 0.5) is 5.69 Å². The average molecular weight is 323 g/mol. The number of carbonyl (C=O) groups is 1. The topological polar surface area (TPSA) is 55.3 Å². The van der Waals surface area contributed by atoms with Crippen LogP contribution in [0.1, 0.15) is 5.56 Å². The summed E-state index contributed by atoms with van der Waals surface area (Å²) in [6.45, 7) is 1.04. The molecule has 1 amide bonds. The molecule has 0 saturated heterocycles. The Morgan fingerprint density at radius 2 is 2.04 bits per heavy atom. The van der Waals surface area contributed by atoms with E-state index in [0.29, 0.717) is 6.54 Å². The van der Waals surface area contributed by atoms with Crippen molar-refractivity contribution in [1.82, 2.24) is 9.88 Å². The van der Waals surface area contributed by atoms with Crippen LogP contribution < -0.4 is 15.4 Å². The normalized spacial score (nSPS) is 10.8. The summed E-state index contributed by atoms with van der Waals surface area (Å²) in [6, 6.07) is 16.1. The molecular formula is C19H21N3O2. The molecule has 2 aromatic carbocycles. The third kappa shape index (κ3) is 3.58. The molecule has 1 aromatic heterocycles. The van der Waals surface area contributed by atoms with E-state index in [1.807, 2.05) is 36.4 Å². The Morgan fingerprint density at radius 1 is 1.17 bits per heavy atom. The van der Waals surface area contributed by atoms with Gasteiger partial charge in [0.2, 0.25) is 5.91 Å². The number of methoxy groups -OCH3 is 1.